The highest BCUT2D eigenvalue weighted by atomic mass is 35.5. The first-order valence-electron chi connectivity index (χ1n) is 7.65. The summed E-state index contributed by atoms with van der Waals surface area (Å²) in [6.07, 6.45) is -4.79. The monoisotopic (exact) mass is 403 g/mol. The number of hydrogen-bond acceptors (Lipinski definition) is 3. The largest absolute Gasteiger partial charge is 0.425 e. The molecule has 0 fully saturated rings. The summed E-state index contributed by atoms with van der Waals surface area (Å²) in [4.78, 5) is 10.2. The highest BCUT2D eigenvalue weighted by Gasteiger charge is 2.60. The Morgan fingerprint density at radius 3 is 1.73 bits per heavy atom. The van der Waals surface area contributed by atoms with Crippen LogP contribution >= 0.6 is 11.6 Å². The zero-order valence-corrected chi connectivity index (χ0v) is 16.1. The maximum Gasteiger partial charge on any atom is 0.425 e. The number of halogens is 4. The van der Waals surface area contributed by atoms with E-state index in [1.807, 2.05) is 0 Å². The van der Waals surface area contributed by atoms with Crippen LogP contribution in [0.15, 0.2) is 48.5 Å². The van der Waals surface area contributed by atoms with Crippen molar-refractivity contribution in [3.63, 3.8) is 0 Å². The Morgan fingerprint density at radius 2 is 1.38 bits per heavy atom. The zero-order chi connectivity index (χ0) is 19.8. The molecule has 2 rings (SSSR count). The van der Waals surface area contributed by atoms with Gasteiger partial charge in [0.25, 0.3) is 5.69 Å². The molecule has 0 N–H and O–H groups in total. The van der Waals surface area contributed by atoms with Gasteiger partial charge in [0.1, 0.15) is 0 Å². The van der Waals surface area contributed by atoms with Crippen LogP contribution in [0.1, 0.15) is 11.1 Å². The Kier molecular flexibility index (Phi) is 5.51. The SMILES string of the molecule is C[Si](C)(C)OC(c1ccc(Cl)cc1)(c1ccc([N+](=O)[O-])cc1)C(F)(F)F. The molecule has 140 valence electrons. The number of nitro groups is 1. The first-order valence-corrected chi connectivity index (χ1v) is 11.4. The average molecular weight is 404 g/mol. The molecule has 0 aliphatic heterocycles. The van der Waals surface area contributed by atoms with E-state index in [9.17, 15) is 23.3 Å². The van der Waals surface area contributed by atoms with E-state index in [-0.39, 0.29) is 16.8 Å². The van der Waals surface area contributed by atoms with Crippen LogP contribution < -0.4 is 0 Å². The number of nitrogens with zero attached hydrogens (tertiary/aromatic N) is 1. The van der Waals surface area contributed by atoms with Gasteiger partial charge in [0.2, 0.25) is 5.60 Å². The van der Waals surface area contributed by atoms with Crippen LogP contribution in [0, 0.1) is 10.1 Å². The van der Waals surface area contributed by atoms with E-state index in [0.717, 1.165) is 24.3 Å². The molecule has 0 aliphatic rings. The fourth-order valence-corrected chi connectivity index (χ4v) is 4.03. The van der Waals surface area contributed by atoms with Gasteiger partial charge in [-0.05, 0) is 55.0 Å². The second-order valence-corrected chi connectivity index (χ2v) is 11.6. The normalized spacial score (nSPS) is 14.7. The molecule has 2 aromatic rings. The smallest absolute Gasteiger partial charge is 0.397 e. The summed E-state index contributed by atoms with van der Waals surface area (Å²) in [7, 11) is -2.70. The summed E-state index contributed by atoms with van der Waals surface area (Å²) >= 11 is 5.82. The lowest BCUT2D eigenvalue weighted by atomic mass is 9.85. The molecule has 0 saturated heterocycles. The van der Waals surface area contributed by atoms with E-state index in [4.69, 9.17) is 16.0 Å². The number of alkyl halides is 3. The van der Waals surface area contributed by atoms with Crippen molar-refractivity contribution in [1.29, 1.82) is 0 Å². The molecule has 0 bridgehead atoms. The van der Waals surface area contributed by atoms with Crippen molar-refractivity contribution in [2.45, 2.75) is 31.4 Å². The molecule has 0 aromatic heterocycles. The third-order valence-electron chi connectivity index (χ3n) is 3.59. The molecule has 0 spiro atoms. The topological polar surface area (TPSA) is 52.4 Å². The highest BCUT2D eigenvalue weighted by Crippen LogP contribution is 2.49. The van der Waals surface area contributed by atoms with E-state index in [1.54, 1.807) is 19.6 Å². The molecule has 2 aromatic carbocycles. The lowest BCUT2D eigenvalue weighted by Gasteiger charge is -2.41. The standard InChI is InChI=1S/C17H17ClF3NO3Si/c1-26(2,3)25-16(17(19,20)21,12-4-8-14(18)9-5-12)13-6-10-15(11-7-13)22(23)24/h4-11H,1-3H3. The van der Waals surface area contributed by atoms with E-state index >= 15 is 0 Å². The van der Waals surface area contributed by atoms with Gasteiger partial charge in [-0.15, -0.1) is 0 Å². The molecule has 0 heterocycles. The van der Waals surface area contributed by atoms with Crippen molar-refractivity contribution >= 4 is 25.6 Å². The van der Waals surface area contributed by atoms with Crippen LogP contribution in [-0.2, 0) is 10.0 Å². The van der Waals surface area contributed by atoms with E-state index in [2.05, 4.69) is 0 Å². The number of hydrogen-bond donors (Lipinski definition) is 0. The van der Waals surface area contributed by atoms with Crippen LogP contribution in [0.2, 0.25) is 24.7 Å². The highest BCUT2D eigenvalue weighted by molar-refractivity contribution is 6.69. The van der Waals surface area contributed by atoms with Gasteiger partial charge in [-0.2, -0.15) is 13.2 Å². The Hall–Kier alpha value is -1.90. The maximum atomic E-state index is 14.4. The second kappa shape index (κ2) is 7.01. The lowest BCUT2D eigenvalue weighted by molar-refractivity contribution is -0.384. The molecular weight excluding hydrogens is 387 g/mol. The van der Waals surface area contributed by atoms with Crippen LogP contribution in [-0.4, -0.2) is 19.4 Å². The van der Waals surface area contributed by atoms with E-state index in [0.29, 0.717) is 5.02 Å². The summed E-state index contributed by atoms with van der Waals surface area (Å²) in [6, 6.07) is 9.49. The van der Waals surface area contributed by atoms with Crippen molar-refractivity contribution in [2.24, 2.45) is 0 Å². The quantitative estimate of drug-likeness (QED) is 0.354. The summed E-state index contributed by atoms with van der Waals surface area (Å²) < 4.78 is 48.8. The molecule has 0 amide bonds. The van der Waals surface area contributed by atoms with Crippen molar-refractivity contribution < 1.29 is 22.5 Å². The Balaban J connectivity index is 2.77. The van der Waals surface area contributed by atoms with Gasteiger partial charge in [0.05, 0.1) is 4.92 Å². The molecule has 1 unspecified atom stereocenters. The fraction of sp³-hybridized carbons (Fsp3) is 0.294. The first kappa shape index (κ1) is 20.4. The number of rotatable bonds is 5. The summed E-state index contributed by atoms with van der Waals surface area (Å²) in [5, 5.41) is 11.1. The molecule has 9 heteroatoms. The van der Waals surface area contributed by atoms with Gasteiger partial charge < -0.3 is 4.43 Å². The number of non-ortho nitro benzene ring substituents is 1. The minimum atomic E-state index is -4.79. The minimum Gasteiger partial charge on any atom is -0.397 e. The number of nitro benzene ring substituents is 1. The molecule has 1 atom stereocenters. The van der Waals surface area contributed by atoms with Crippen LogP contribution in [0.4, 0.5) is 18.9 Å². The average Bonchev–Trinajstić information content (AvgIpc) is 2.51. The van der Waals surface area contributed by atoms with Gasteiger partial charge >= 0.3 is 6.18 Å². The summed E-state index contributed by atoms with van der Waals surface area (Å²) in [5.74, 6) is 0. The predicted octanol–water partition coefficient (Wildman–Crippen LogP) is 5.91. The van der Waals surface area contributed by atoms with Crippen molar-refractivity contribution in [2.75, 3.05) is 0 Å². The van der Waals surface area contributed by atoms with Gasteiger partial charge in [-0.25, -0.2) is 0 Å². The van der Waals surface area contributed by atoms with Crippen molar-refractivity contribution in [3.8, 4) is 0 Å². The Labute approximate surface area is 154 Å². The fourth-order valence-electron chi connectivity index (χ4n) is 2.63. The Morgan fingerprint density at radius 1 is 0.962 bits per heavy atom. The second-order valence-electron chi connectivity index (χ2n) is 6.70. The molecule has 26 heavy (non-hydrogen) atoms. The molecule has 0 radical (unpaired) electrons. The number of benzene rings is 2. The maximum absolute atomic E-state index is 14.4. The molecule has 4 nitrogen and oxygen atoms in total. The van der Waals surface area contributed by atoms with Gasteiger partial charge in [0.15, 0.2) is 8.32 Å². The zero-order valence-electron chi connectivity index (χ0n) is 14.3. The van der Waals surface area contributed by atoms with Gasteiger partial charge in [0, 0.05) is 17.2 Å². The van der Waals surface area contributed by atoms with Crippen LogP contribution in [0.25, 0.3) is 0 Å². The minimum absolute atomic E-state index is 0.134. The van der Waals surface area contributed by atoms with E-state index < -0.39 is 25.0 Å². The van der Waals surface area contributed by atoms with Crippen LogP contribution in [0.5, 0.6) is 0 Å². The predicted molar refractivity (Wildman–Crippen MR) is 95.8 cm³/mol. The Bertz CT molecular complexity index is 789. The lowest BCUT2D eigenvalue weighted by Crippen LogP contribution is -2.51. The molecule has 0 saturated carbocycles. The van der Waals surface area contributed by atoms with E-state index in [1.165, 1.54) is 24.3 Å². The van der Waals surface area contributed by atoms with Crippen LogP contribution in [0.3, 0.4) is 0 Å². The van der Waals surface area contributed by atoms with Crippen molar-refractivity contribution in [1.82, 2.24) is 0 Å². The molecular formula is C17H17ClF3NO3Si. The first-order chi connectivity index (χ1) is 11.9. The summed E-state index contributed by atoms with van der Waals surface area (Å²) in [6.45, 7) is 4.94. The van der Waals surface area contributed by atoms with Gasteiger partial charge in [-0.1, -0.05) is 23.7 Å². The third-order valence-corrected chi connectivity index (χ3v) is 4.76. The molecule has 0 aliphatic carbocycles. The summed E-state index contributed by atoms with van der Waals surface area (Å²) in [5.41, 5.74) is -3.39. The third kappa shape index (κ3) is 4.08. The van der Waals surface area contributed by atoms with Gasteiger partial charge in [-0.3, -0.25) is 10.1 Å². The van der Waals surface area contributed by atoms with Crippen molar-refractivity contribution in [3.05, 3.63) is 74.8 Å².